The summed E-state index contributed by atoms with van der Waals surface area (Å²) in [6, 6.07) is 25.2. The molecule has 0 radical (unpaired) electrons. The van der Waals surface area contributed by atoms with Crippen LogP contribution in [0.25, 0.3) is 0 Å². The lowest BCUT2D eigenvalue weighted by Crippen LogP contribution is -2.21. The minimum absolute atomic E-state index is 0.270. The summed E-state index contributed by atoms with van der Waals surface area (Å²) in [7, 11) is 0. The van der Waals surface area contributed by atoms with Crippen LogP contribution in [-0.4, -0.2) is 18.7 Å². The molecule has 0 saturated heterocycles. The Morgan fingerprint density at radius 2 is 1.68 bits per heavy atom. The van der Waals surface area contributed by atoms with Crippen LogP contribution in [0.2, 0.25) is 0 Å². The molecule has 0 saturated carbocycles. The maximum atomic E-state index is 12.0. The van der Waals surface area contributed by atoms with Gasteiger partial charge in [0.05, 0.1) is 6.21 Å². The molecule has 0 unspecified atom stereocenters. The van der Waals surface area contributed by atoms with E-state index in [1.807, 2.05) is 18.2 Å². The zero-order valence-corrected chi connectivity index (χ0v) is 15.9. The first-order chi connectivity index (χ1) is 13.7. The minimum atomic E-state index is -0.270. The number of carbonyl (C=O) groups is 1. The highest BCUT2D eigenvalue weighted by Crippen LogP contribution is 2.17. The van der Waals surface area contributed by atoms with Crippen LogP contribution in [-0.2, 0) is 6.54 Å². The number of carbonyl (C=O) groups excluding carboxylic acids is 1. The van der Waals surface area contributed by atoms with Crippen molar-refractivity contribution in [1.29, 1.82) is 0 Å². The fraction of sp³-hybridized carbons (Fsp3) is 0.130. The number of nitrogens with one attached hydrogen (secondary N) is 1. The third-order valence-electron chi connectivity index (χ3n) is 4.41. The number of anilines is 2. The van der Waals surface area contributed by atoms with Gasteiger partial charge in [-0.25, -0.2) is 5.43 Å². The van der Waals surface area contributed by atoms with Crippen LogP contribution in [0.3, 0.4) is 0 Å². The van der Waals surface area contributed by atoms with E-state index in [0.717, 1.165) is 24.3 Å². The van der Waals surface area contributed by atoms with Gasteiger partial charge in [-0.1, -0.05) is 42.5 Å². The molecule has 28 heavy (non-hydrogen) atoms. The molecule has 3 aromatic rings. The summed E-state index contributed by atoms with van der Waals surface area (Å²) in [5.74, 6) is -0.270. The van der Waals surface area contributed by atoms with E-state index in [9.17, 15) is 4.79 Å². The number of hydrazone groups is 1. The molecule has 3 aromatic carbocycles. The van der Waals surface area contributed by atoms with E-state index in [0.29, 0.717) is 11.3 Å². The summed E-state index contributed by atoms with van der Waals surface area (Å²) >= 11 is 0. The Kier molecular flexibility index (Phi) is 6.41. The van der Waals surface area contributed by atoms with Crippen molar-refractivity contribution in [1.82, 2.24) is 5.43 Å². The normalized spacial score (nSPS) is 10.8. The zero-order chi connectivity index (χ0) is 19.8. The Balaban J connectivity index is 1.59. The molecule has 5 heteroatoms. The van der Waals surface area contributed by atoms with E-state index in [4.69, 9.17) is 5.73 Å². The van der Waals surface area contributed by atoms with E-state index in [-0.39, 0.29) is 5.91 Å². The number of nitrogens with two attached hydrogens (primary N) is 1. The number of amides is 1. The largest absolute Gasteiger partial charge is 0.399 e. The lowest BCUT2D eigenvalue weighted by atomic mass is 10.1. The number of nitrogens with zero attached hydrogens (tertiary/aromatic N) is 2. The molecule has 1 amide bonds. The third kappa shape index (κ3) is 5.20. The van der Waals surface area contributed by atoms with E-state index < -0.39 is 0 Å². The third-order valence-corrected chi connectivity index (χ3v) is 4.41. The predicted molar refractivity (Wildman–Crippen MR) is 116 cm³/mol. The van der Waals surface area contributed by atoms with Crippen LogP contribution >= 0.6 is 0 Å². The summed E-state index contributed by atoms with van der Waals surface area (Å²) in [5, 5.41) is 4.03. The lowest BCUT2D eigenvalue weighted by Gasteiger charge is -2.23. The second-order valence-corrected chi connectivity index (χ2v) is 6.41. The monoisotopic (exact) mass is 372 g/mol. The Hall–Kier alpha value is -3.60. The second kappa shape index (κ2) is 9.37. The summed E-state index contributed by atoms with van der Waals surface area (Å²) in [5.41, 5.74) is 12.6. The molecule has 0 atom stereocenters. The Labute approximate surface area is 165 Å². The molecule has 0 aliphatic carbocycles. The van der Waals surface area contributed by atoms with Crippen molar-refractivity contribution >= 4 is 23.5 Å². The summed E-state index contributed by atoms with van der Waals surface area (Å²) in [6.07, 6.45) is 1.63. The van der Waals surface area contributed by atoms with Gasteiger partial charge in [-0.3, -0.25) is 4.79 Å². The first kappa shape index (κ1) is 19.2. The molecular formula is C23H24N4O. The van der Waals surface area contributed by atoms with Crippen LogP contribution in [0.4, 0.5) is 11.4 Å². The molecule has 3 rings (SSSR count). The predicted octanol–water partition coefficient (Wildman–Crippen LogP) is 4.06. The maximum Gasteiger partial charge on any atom is 0.271 e. The van der Waals surface area contributed by atoms with Gasteiger partial charge < -0.3 is 10.6 Å². The van der Waals surface area contributed by atoms with Crippen molar-refractivity contribution in [2.24, 2.45) is 5.10 Å². The van der Waals surface area contributed by atoms with Gasteiger partial charge in [-0.15, -0.1) is 0 Å². The van der Waals surface area contributed by atoms with Crippen molar-refractivity contribution in [3.05, 3.63) is 95.6 Å². The van der Waals surface area contributed by atoms with Gasteiger partial charge >= 0.3 is 0 Å². The van der Waals surface area contributed by atoms with E-state index >= 15 is 0 Å². The van der Waals surface area contributed by atoms with Crippen molar-refractivity contribution in [3.63, 3.8) is 0 Å². The fourth-order valence-corrected chi connectivity index (χ4v) is 2.83. The van der Waals surface area contributed by atoms with Gasteiger partial charge in [-0.2, -0.15) is 5.10 Å². The van der Waals surface area contributed by atoms with Gasteiger partial charge in [0.15, 0.2) is 0 Å². The Bertz CT molecular complexity index is 919. The molecule has 5 nitrogen and oxygen atoms in total. The molecular weight excluding hydrogens is 348 g/mol. The van der Waals surface area contributed by atoms with E-state index in [1.165, 1.54) is 5.56 Å². The maximum absolute atomic E-state index is 12.0. The number of benzene rings is 3. The molecule has 0 heterocycles. The van der Waals surface area contributed by atoms with Crippen LogP contribution in [0.15, 0.2) is 84.0 Å². The molecule has 0 aromatic heterocycles. The van der Waals surface area contributed by atoms with Crippen molar-refractivity contribution in [3.8, 4) is 0 Å². The first-order valence-electron chi connectivity index (χ1n) is 9.23. The number of hydrogen-bond donors (Lipinski definition) is 2. The Morgan fingerprint density at radius 3 is 2.32 bits per heavy atom. The topological polar surface area (TPSA) is 70.7 Å². The number of nitrogen functional groups attached to an aromatic ring is 1. The van der Waals surface area contributed by atoms with Gasteiger partial charge in [0.25, 0.3) is 5.91 Å². The van der Waals surface area contributed by atoms with Crippen LogP contribution in [0.1, 0.15) is 28.4 Å². The van der Waals surface area contributed by atoms with Gasteiger partial charge in [0.2, 0.25) is 0 Å². The highest BCUT2D eigenvalue weighted by molar-refractivity contribution is 5.95. The van der Waals surface area contributed by atoms with E-state index in [2.05, 4.69) is 58.7 Å². The molecule has 0 fully saturated rings. The molecule has 0 bridgehead atoms. The highest BCUT2D eigenvalue weighted by atomic mass is 16.2. The van der Waals surface area contributed by atoms with Crippen molar-refractivity contribution in [2.75, 3.05) is 17.2 Å². The van der Waals surface area contributed by atoms with Gasteiger partial charge in [-0.05, 0) is 54.4 Å². The average Bonchev–Trinajstić information content (AvgIpc) is 2.74. The smallest absolute Gasteiger partial charge is 0.271 e. The molecule has 3 N–H and O–H groups in total. The van der Waals surface area contributed by atoms with E-state index in [1.54, 1.807) is 30.5 Å². The molecule has 142 valence electrons. The van der Waals surface area contributed by atoms with Crippen molar-refractivity contribution in [2.45, 2.75) is 13.5 Å². The standard InChI is InChI=1S/C23H24N4O/c1-2-27(17-19-6-4-3-5-7-19)22-14-8-18(9-15-22)16-25-26-23(28)20-10-12-21(24)13-11-20/h3-16H,2,17,24H2,1H3,(H,26,28)/b25-16+. The molecule has 0 aliphatic heterocycles. The number of hydrogen-bond acceptors (Lipinski definition) is 4. The zero-order valence-electron chi connectivity index (χ0n) is 15.9. The summed E-state index contributed by atoms with van der Waals surface area (Å²) in [4.78, 5) is 14.3. The average molecular weight is 372 g/mol. The van der Waals surface area contributed by atoms with Crippen molar-refractivity contribution < 1.29 is 4.79 Å². The van der Waals surface area contributed by atoms with Crippen LogP contribution in [0.5, 0.6) is 0 Å². The Morgan fingerprint density at radius 1 is 1.00 bits per heavy atom. The minimum Gasteiger partial charge on any atom is -0.399 e. The number of rotatable bonds is 7. The first-order valence-corrected chi connectivity index (χ1v) is 9.23. The molecule has 0 aliphatic rings. The summed E-state index contributed by atoms with van der Waals surface area (Å²) < 4.78 is 0. The summed E-state index contributed by atoms with van der Waals surface area (Å²) in [6.45, 7) is 3.92. The quantitative estimate of drug-likeness (QED) is 0.373. The van der Waals surface area contributed by atoms with Gasteiger partial charge in [0, 0.05) is 30.0 Å². The SMILES string of the molecule is CCN(Cc1ccccc1)c1ccc(/C=N/NC(=O)c2ccc(N)cc2)cc1. The van der Waals surface area contributed by atoms with Gasteiger partial charge in [0.1, 0.15) is 0 Å². The van der Waals surface area contributed by atoms with Crippen LogP contribution < -0.4 is 16.1 Å². The van der Waals surface area contributed by atoms with Crippen LogP contribution in [0, 0.1) is 0 Å². The lowest BCUT2D eigenvalue weighted by molar-refractivity contribution is 0.0955. The second-order valence-electron chi connectivity index (χ2n) is 6.41. The molecule has 0 spiro atoms. The fourth-order valence-electron chi connectivity index (χ4n) is 2.83. The highest BCUT2D eigenvalue weighted by Gasteiger charge is 2.05.